The molecule has 0 aliphatic carbocycles. The van der Waals surface area contributed by atoms with Crippen LogP contribution in [0, 0.1) is 0 Å². The molecule has 0 atom stereocenters. The molecule has 0 spiro atoms. The lowest BCUT2D eigenvalue weighted by atomic mass is 10.1. The van der Waals surface area contributed by atoms with Gasteiger partial charge in [0.2, 0.25) is 0 Å². The monoisotopic (exact) mass is 214 g/mol. The fourth-order valence-corrected chi connectivity index (χ4v) is 1.28. The van der Waals surface area contributed by atoms with Gasteiger partial charge < -0.3 is 9.47 Å². The van der Waals surface area contributed by atoms with Crippen LogP contribution in [-0.2, 0) is 4.74 Å². The van der Waals surface area contributed by atoms with Crippen molar-refractivity contribution in [2.24, 2.45) is 0 Å². The lowest BCUT2D eigenvalue weighted by Gasteiger charge is -2.05. The molecule has 0 N–H and O–H groups in total. The number of ketones is 1. The maximum atomic E-state index is 11.5. The molecule has 0 aromatic heterocycles. The number of Topliss-reactive ketones (excluding diaryl/α,β-unsaturated/α-hetero) is 1. The highest BCUT2D eigenvalue weighted by molar-refractivity contribution is 6.34. The van der Waals surface area contributed by atoms with Crippen LogP contribution in [0.25, 0.3) is 0 Å². The van der Waals surface area contributed by atoms with E-state index in [0.29, 0.717) is 16.3 Å². The number of carbonyl (C=O) groups excluding carboxylic acids is 1. The topological polar surface area (TPSA) is 35.5 Å². The van der Waals surface area contributed by atoms with Gasteiger partial charge in [-0.2, -0.15) is 0 Å². The van der Waals surface area contributed by atoms with E-state index < -0.39 is 0 Å². The summed E-state index contributed by atoms with van der Waals surface area (Å²) in [4.78, 5) is 11.5. The van der Waals surface area contributed by atoms with E-state index in [1.165, 1.54) is 14.2 Å². The summed E-state index contributed by atoms with van der Waals surface area (Å²) in [6, 6.07) is 4.93. The number of methoxy groups -OCH3 is 2. The fraction of sp³-hybridized carbons (Fsp3) is 0.300. The van der Waals surface area contributed by atoms with Crippen LogP contribution < -0.4 is 4.74 Å². The predicted molar refractivity (Wildman–Crippen MR) is 54.2 cm³/mol. The first-order valence-electron chi connectivity index (χ1n) is 4.04. The van der Waals surface area contributed by atoms with Gasteiger partial charge in [-0.25, -0.2) is 0 Å². The summed E-state index contributed by atoms with van der Waals surface area (Å²) in [6.45, 7) is 0.0207. The van der Waals surface area contributed by atoms with Crippen molar-refractivity contribution < 1.29 is 14.3 Å². The molecule has 3 nitrogen and oxygen atoms in total. The minimum Gasteiger partial charge on any atom is -0.497 e. The van der Waals surface area contributed by atoms with Crippen LogP contribution in [0.1, 0.15) is 10.4 Å². The lowest BCUT2D eigenvalue weighted by molar-refractivity contribution is 0.0848. The number of carbonyl (C=O) groups is 1. The van der Waals surface area contributed by atoms with Gasteiger partial charge in [0, 0.05) is 12.7 Å². The van der Waals surface area contributed by atoms with Crippen LogP contribution >= 0.6 is 11.6 Å². The summed E-state index contributed by atoms with van der Waals surface area (Å²) < 4.78 is 9.72. The summed E-state index contributed by atoms with van der Waals surface area (Å²) in [5.41, 5.74) is 0.424. The molecule has 1 rings (SSSR count). The Labute approximate surface area is 87.6 Å². The number of benzene rings is 1. The third-order valence-electron chi connectivity index (χ3n) is 1.75. The Bertz CT molecular complexity index is 336. The molecule has 1 aromatic rings. The van der Waals surface area contributed by atoms with Crippen molar-refractivity contribution >= 4 is 17.4 Å². The average Bonchev–Trinajstić information content (AvgIpc) is 2.19. The minimum atomic E-state index is -0.156. The van der Waals surface area contributed by atoms with E-state index in [4.69, 9.17) is 21.1 Å². The number of ether oxygens (including phenoxy) is 2. The van der Waals surface area contributed by atoms with Crippen molar-refractivity contribution in [2.75, 3.05) is 20.8 Å². The van der Waals surface area contributed by atoms with Crippen LogP contribution in [0.3, 0.4) is 0 Å². The molecule has 0 bridgehead atoms. The third kappa shape index (κ3) is 2.47. The van der Waals surface area contributed by atoms with Crippen molar-refractivity contribution in [1.82, 2.24) is 0 Å². The molecule has 0 heterocycles. The van der Waals surface area contributed by atoms with Gasteiger partial charge in [0.25, 0.3) is 0 Å². The molecule has 0 aliphatic heterocycles. The number of halogens is 1. The number of hydrogen-bond donors (Lipinski definition) is 0. The maximum absolute atomic E-state index is 11.5. The van der Waals surface area contributed by atoms with E-state index in [2.05, 4.69) is 0 Å². The summed E-state index contributed by atoms with van der Waals surface area (Å²) in [5.74, 6) is 0.449. The molecule has 0 fully saturated rings. The van der Waals surface area contributed by atoms with Gasteiger partial charge in [-0.3, -0.25) is 4.79 Å². The molecule has 0 radical (unpaired) electrons. The molecule has 14 heavy (non-hydrogen) atoms. The second-order valence-electron chi connectivity index (χ2n) is 2.70. The Hall–Kier alpha value is -1.06. The van der Waals surface area contributed by atoms with Crippen molar-refractivity contribution in [2.45, 2.75) is 0 Å². The average molecular weight is 215 g/mol. The first-order valence-corrected chi connectivity index (χ1v) is 4.42. The molecular formula is C10H11ClO3. The zero-order valence-corrected chi connectivity index (χ0v) is 8.80. The van der Waals surface area contributed by atoms with Gasteiger partial charge in [0.05, 0.1) is 12.1 Å². The number of rotatable bonds is 4. The lowest BCUT2D eigenvalue weighted by Crippen LogP contribution is -2.07. The van der Waals surface area contributed by atoms with Gasteiger partial charge in [-0.15, -0.1) is 0 Å². The first-order chi connectivity index (χ1) is 6.69. The van der Waals surface area contributed by atoms with Crippen molar-refractivity contribution in [3.8, 4) is 5.75 Å². The highest BCUT2D eigenvalue weighted by atomic mass is 35.5. The maximum Gasteiger partial charge on any atom is 0.190 e. The SMILES string of the molecule is COCC(=O)c1cc(OC)ccc1Cl. The minimum absolute atomic E-state index is 0.0207. The Balaban J connectivity index is 2.99. The second-order valence-corrected chi connectivity index (χ2v) is 3.11. The fourth-order valence-electron chi connectivity index (χ4n) is 1.05. The largest absolute Gasteiger partial charge is 0.497 e. The van der Waals surface area contributed by atoms with Gasteiger partial charge in [-0.1, -0.05) is 11.6 Å². The van der Waals surface area contributed by atoms with Gasteiger partial charge >= 0.3 is 0 Å². The van der Waals surface area contributed by atoms with E-state index in [1.807, 2.05) is 0 Å². The van der Waals surface area contributed by atoms with Crippen molar-refractivity contribution in [3.05, 3.63) is 28.8 Å². The third-order valence-corrected chi connectivity index (χ3v) is 2.08. The van der Waals surface area contributed by atoms with E-state index >= 15 is 0 Å². The van der Waals surface area contributed by atoms with Crippen LogP contribution in [-0.4, -0.2) is 26.6 Å². The Morgan fingerprint density at radius 2 is 2.14 bits per heavy atom. The van der Waals surface area contributed by atoms with Crippen LogP contribution in [0.15, 0.2) is 18.2 Å². The van der Waals surface area contributed by atoms with Crippen molar-refractivity contribution in [3.63, 3.8) is 0 Å². The molecule has 0 saturated carbocycles. The van der Waals surface area contributed by atoms with Crippen molar-refractivity contribution in [1.29, 1.82) is 0 Å². The summed E-state index contributed by atoms with van der Waals surface area (Å²) in [7, 11) is 3.00. The second kappa shape index (κ2) is 4.98. The standard InChI is InChI=1S/C10H11ClO3/c1-13-6-10(12)8-5-7(14-2)3-4-9(8)11/h3-5H,6H2,1-2H3. The van der Waals surface area contributed by atoms with E-state index in [9.17, 15) is 4.79 Å². The predicted octanol–water partition coefficient (Wildman–Crippen LogP) is 2.18. The summed E-state index contributed by atoms with van der Waals surface area (Å²) in [5, 5.41) is 0.410. The van der Waals surface area contributed by atoms with Gasteiger partial charge in [-0.05, 0) is 18.2 Å². The van der Waals surface area contributed by atoms with E-state index in [-0.39, 0.29) is 12.4 Å². The van der Waals surface area contributed by atoms with E-state index in [0.717, 1.165) is 0 Å². The summed E-state index contributed by atoms with van der Waals surface area (Å²) >= 11 is 5.85. The quantitative estimate of drug-likeness (QED) is 0.721. The molecule has 1 aromatic carbocycles. The molecule has 0 aliphatic rings. The Morgan fingerprint density at radius 1 is 1.43 bits per heavy atom. The summed E-state index contributed by atoms with van der Waals surface area (Å²) in [6.07, 6.45) is 0. The van der Waals surface area contributed by atoms with Crippen LogP contribution in [0.4, 0.5) is 0 Å². The molecule has 76 valence electrons. The van der Waals surface area contributed by atoms with Crippen LogP contribution in [0.2, 0.25) is 5.02 Å². The molecule has 0 saturated heterocycles. The normalized spacial score (nSPS) is 9.93. The highest BCUT2D eigenvalue weighted by Crippen LogP contribution is 2.22. The Kier molecular flexibility index (Phi) is 3.92. The molecular weight excluding hydrogens is 204 g/mol. The zero-order chi connectivity index (χ0) is 10.6. The zero-order valence-electron chi connectivity index (χ0n) is 8.04. The molecule has 0 amide bonds. The highest BCUT2D eigenvalue weighted by Gasteiger charge is 2.10. The number of hydrogen-bond acceptors (Lipinski definition) is 3. The molecule has 0 unspecified atom stereocenters. The first kappa shape index (κ1) is 11.0. The Morgan fingerprint density at radius 3 is 2.71 bits per heavy atom. The smallest absolute Gasteiger partial charge is 0.190 e. The van der Waals surface area contributed by atoms with Gasteiger partial charge in [0.1, 0.15) is 12.4 Å². The van der Waals surface area contributed by atoms with Gasteiger partial charge in [0.15, 0.2) is 5.78 Å². The molecule has 4 heteroatoms. The van der Waals surface area contributed by atoms with E-state index in [1.54, 1.807) is 18.2 Å². The van der Waals surface area contributed by atoms with Crippen LogP contribution in [0.5, 0.6) is 5.75 Å².